The topological polar surface area (TPSA) is 64.5 Å². The van der Waals surface area contributed by atoms with E-state index in [-0.39, 0.29) is 0 Å². The standard InChI is InChI=1S/C14H16N4S/c1-14(8-15,18-10-6-7-10)9-19-13-16-11-4-2-3-5-12(11)17-13/h2-5,10,18H,6-7,9H2,1H3,(H,16,17). The molecule has 4 nitrogen and oxygen atoms in total. The zero-order valence-corrected chi connectivity index (χ0v) is 11.6. The number of fused-ring (bicyclic) bond motifs is 1. The van der Waals surface area contributed by atoms with Crippen molar-refractivity contribution in [3.8, 4) is 6.07 Å². The molecule has 0 bridgehead atoms. The van der Waals surface area contributed by atoms with Gasteiger partial charge in [-0.05, 0) is 31.9 Å². The van der Waals surface area contributed by atoms with Gasteiger partial charge in [0, 0.05) is 11.8 Å². The summed E-state index contributed by atoms with van der Waals surface area (Å²) in [5, 5.41) is 13.6. The Morgan fingerprint density at radius 2 is 2.32 bits per heavy atom. The number of rotatable bonds is 5. The van der Waals surface area contributed by atoms with E-state index in [1.165, 1.54) is 12.8 Å². The van der Waals surface area contributed by atoms with Crippen molar-refractivity contribution >= 4 is 22.8 Å². The van der Waals surface area contributed by atoms with Gasteiger partial charge in [0.05, 0.1) is 17.1 Å². The van der Waals surface area contributed by atoms with Crippen LogP contribution < -0.4 is 5.32 Å². The van der Waals surface area contributed by atoms with Crippen LogP contribution in [0.25, 0.3) is 11.0 Å². The highest BCUT2D eigenvalue weighted by Crippen LogP contribution is 2.27. The monoisotopic (exact) mass is 272 g/mol. The maximum atomic E-state index is 9.32. The largest absolute Gasteiger partial charge is 0.333 e. The van der Waals surface area contributed by atoms with Crippen molar-refractivity contribution in [3.05, 3.63) is 24.3 Å². The van der Waals surface area contributed by atoms with Crippen molar-refractivity contribution in [2.24, 2.45) is 0 Å². The number of imidazole rings is 1. The van der Waals surface area contributed by atoms with E-state index in [9.17, 15) is 5.26 Å². The zero-order chi connectivity index (χ0) is 13.3. The Morgan fingerprint density at radius 1 is 1.53 bits per heavy atom. The third-order valence-electron chi connectivity index (χ3n) is 3.21. The van der Waals surface area contributed by atoms with E-state index < -0.39 is 5.54 Å². The molecule has 1 fully saturated rings. The number of hydrogen-bond donors (Lipinski definition) is 2. The van der Waals surface area contributed by atoms with Gasteiger partial charge in [-0.3, -0.25) is 5.32 Å². The second kappa shape index (κ2) is 4.87. The smallest absolute Gasteiger partial charge is 0.166 e. The highest BCUT2D eigenvalue weighted by atomic mass is 32.2. The minimum atomic E-state index is -0.481. The minimum Gasteiger partial charge on any atom is -0.333 e. The van der Waals surface area contributed by atoms with E-state index in [1.54, 1.807) is 11.8 Å². The molecule has 1 aliphatic rings. The summed E-state index contributed by atoms with van der Waals surface area (Å²) in [4.78, 5) is 7.79. The molecular formula is C14H16N4S. The summed E-state index contributed by atoms with van der Waals surface area (Å²) >= 11 is 1.60. The van der Waals surface area contributed by atoms with Gasteiger partial charge >= 0.3 is 0 Å². The van der Waals surface area contributed by atoms with Crippen molar-refractivity contribution in [2.45, 2.75) is 36.5 Å². The van der Waals surface area contributed by atoms with Gasteiger partial charge in [0.15, 0.2) is 5.16 Å². The molecule has 1 aromatic carbocycles. The number of aromatic nitrogens is 2. The first-order valence-corrected chi connectivity index (χ1v) is 7.44. The van der Waals surface area contributed by atoms with Crippen LogP contribution in [0, 0.1) is 11.3 Å². The van der Waals surface area contributed by atoms with Gasteiger partial charge in [-0.2, -0.15) is 5.26 Å². The summed E-state index contributed by atoms with van der Waals surface area (Å²) in [6, 6.07) is 10.9. The lowest BCUT2D eigenvalue weighted by molar-refractivity contribution is 0.490. The van der Waals surface area contributed by atoms with Crippen molar-refractivity contribution in [2.75, 3.05) is 5.75 Å². The molecule has 0 aliphatic heterocycles. The molecule has 0 radical (unpaired) electrons. The Morgan fingerprint density at radius 3 is 3.00 bits per heavy atom. The number of nitrogens with zero attached hydrogens (tertiary/aromatic N) is 2. The van der Waals surface area contributed by atoms with Crippen LogP contribution in [0.2, 0.25) is 0 Å². The van der Waals surface area contributed by atoms with Crippen LogP contribution in [0.3, 0.4) is 0 Å². The van der Waals surface area contributed by atoms with Crippen LogP contribution in [0.1, 0.15) is 19.8 Å². The molecule has 98 valence electrons. The molecule has 0 saturated heterocycles. The third-order valence-corrected chi connectivity index (χ3v) is 4.40. The van der Waals surface area contributed by atoms with Gasteiger partial charge in [-0.1, -0.05) is 23.9 Å². The van der Waals surface area contributed by atoms with Gasteiger partial charge in [0.25, 0.3) is 0 Å². The highest BCUT2D eigenvalue weighted by molar-refractivity contribution is 7.99. The molecule has 1 heterocycles. The summed E-state index contributed by atoms with van der Waals surface area (Å²) in [5.41, 5.74) is 1.53. The molecule has 0 spiro atoms. The van der Waals surface area contributed by atoms with Crippen molar-refractivity contribution in [3.63, 3.8) is 0 Å². The first kappa shape index (κ1) is 12.5. The summed E-state index contributed by atoms with van der Waals surface area (Å²) in [5.74, 6) is 0.694. The van der Waals surface area contributed by atoms with Crippen LogP contribution in [0.15, 0.2) is 29.4 Å². The lowest BCUT2D eigenvalue weighted by Gasteiger charge is -2.22. The number of aromatic amines is 1. The average Bonchev–Trinajstić information content (AvgIpc) is 3.12. The molecule has 0 amide bonds. The van der Waals surface area contributed by atoms with Crippen LogP contribution in [-0.4, -0.2) is 27.3 Å². The fourth-order valence-electron chi connectivity index (χ4n) is 1.99. The number of hydrogen-bond acceptors (Lipinski definition) is 4. The summed E-state index contributed by atoms with van der Waals surface area (Å²) in [6.45, 7) is 1.96. The van der Waals surface area contributed by atoms with E-state index in [1.807, 2.05) is 31.2 Å². The number of nitriles is 1. The number of H-pyrrole nitrogens is 1. The minimum absolute atomic E-state index is 0.481. The highest BCUT2D eigenvalue weighted by Gasteiger charge is 2.32. The number of para-hydroxylation sites is 2. The Labute approximate surface area is 116 Å². The SMILES string of the molecule is CC(C#N)(CSc1nc2ccccc2[nH]1)NC1CC1. The molecule has 1 aromatic heterocycles. The zero-order valence-electron chi connectivity index (χ0n) is 10.8. The Balaban J connectivity index is 1.68. The van der Waals surface area contributed by atoms with Gasteiger partial charge in [-0.15, -0.1) is 0 Å². The Kier molecular flexibility index (Phi) is 3.21. The Bertz CT molecular complexity index is 593. The molecule has 5 heteroatoms. The summed E-state index contributed by atoms with van der Waals surface area (Å²) in [7, 11) is 0. The second-order valence-electron chi connectivity index (χ2n) is 5.21. The van der Waals surface area contributed by atoms with Gasteiger partial charge in [0.2, 0.25) is 0 Å². The molecule has 1 saturated carbocycles. The van der Waals surface area contributed by atoms with Crippen molar-refractivity contribution < 1.29 is 0 Å². The average molecular weight is 272 g/mol. The lowest BCUT2D eigenvalue weighted by atomic mass is 10.1. The third kappa shape index (κ3) is 2.91. The molecule has 2 aromatic rings. The van der Waals surface area contributed by atoms with E-state index in [0.717, 1.165) is 16.2 Å². The number of nitrogens with one attached hydrogen (secondary N) is 2. The normalized spacial score (nSPS) is 18.1. The fraction of sp³-hybridized carbons (Fsp3) is 0.429. The van der Waals surface area contributed by atoms with E-state index in [0.29, 0.717) is 11.8 Å². The van der Waals surface area contributed by atoms with Crippen LogP contribution >= 0.6 is 11.8 Å². The van der Waals surface area contributed by atoms with E-state index >= 15 is 0 Å². The predicted octanol–water partition coefficient (Wildman–Crippen LogP) is 2.69. The first-order chi connectivity index (χ1) is 9.18. The van der Waals surface area contributed by atoms with Crippen molar-refractivity contribution in [1.82, 2.24) is 15.3 Å². The number of benzene rings is 1. The van der Waals surface area contributed by atoms with Crippen LogP contribution in [0.4, 0.5) is 0 Å². The van der Waals surface area contributed by atoms with E-state index in [4.69, 9.17) is 0 Å². The summed E-state index contributed by atoms with van der Waals surface area (Å²) < 4.78 is 0. The number of thioether (sulfide) groups is 1. The maximum absolute atomic E-state index is 9.32. The summed E-state index contributed by atoms with van der Waals surface area (Å²) in [6.07, 6.45) is 2.37. The van der Waals surface area contributed by atoms with Crippen LogP contribution in [-0.2, 0) is 0 Å². The fourth-order valence-corrected chi connectivity index (χ4v) is 2.91. The molecule has 3 rings (SSSR count). The van der Waals surface area contributed by atoms with Gasteiger partial charge in [0.1, 0.15) is 5.54 Å². The molecule has 2 N–H and O–H groups in total. The second-order valence-corrected chi connectivity index (χ2v) is 6.17. The molecule has 19 heavy (non-hydrogen) atoms. The molecule has 1 aliphatic carbocycles. The first-order valence-electron chi connectivity index (χ1n) is 6.45. The molecule has 1 unspecified atom stereocenters. The predicted molar refractivity (Wildman–Crippen MR) is 77.0 cm³/mol. The molecular weight excluding hydrogens is 256 g/mol. The quantitative estimate of drug-likeness (QED) is 0.821. The van der Waals surface area contributed by atoms with Crippen LogP contribution in [0.5, 0.6) is 0 Å². The Hall–Kier alpha value is -1.51. The van der Waals surface area contributed by atoms with Gasteiger partial charge < -0.3 is 4.98 Å². The molecule has 1 atom stereocenters. The maximum Gasteiger partial charge on any atom is 0.166 e. The van der Waals surface area contributed by atoms with Crippen molar-refractivity contribution in [1.29, 1.82) is 5.26 Å². The van der Waals surface area contributed by atoms with Gasteiger partial charge in [-0.25, -0.2) is 4.98 Å². The van der Waals surface area contributed by atoms with E-state index in [2.05, 4.69) is 21.4 Å². The lowest BCUT2D eigenvalue weighted by Crippen LogP contribution is -2.44.